The fourth-order valence-electron chi connectivity index (χ4n) is 2.22. The quantitative estimate of drug-likeness (QED) is 0.908. The molecule has 0 saturated carbocycles. The van der Waals surface area contributed by atoms with Gasteiger partial charge in [0.05, 0.1) is 12.2 Å². The molecular weight excluding hydrogens is 236 g/mol. The Morgan fingerprint density at radius 1 is 0.895 bits per heavy atom. The van der Waals surface area contributed by atoms with Crippen molar-refractivity contribution in [3.8, 4) is 0 Å². The SMILES string of the molecule is ON1CC=CN1c1ccc(Cc2ccccc2)cc1. The Hall–Kier alpha value is -2.10. The van der Waals surface area contributed by atoms with Crippen molar-refractivity contribution in [2.75, 3.05) is 11.6 Å². The van der Waals surface area contributed by atoms with E-state index in [-0.39, 0.29) is 0 Å². The molecule has 0 amide bonds. The Balaban J connectivity index is 1.74. The van der Waals surface area contributed by atoms with Crippen LogP contribution in [0.1, 0.15) is 11.1 Å². The molecule has 3 heteroatoms. The lowest BCUT2D eigenvalue weighted by molar-refractivity contribution is -0.0750. The minimum Gasteiger partial charge on any atom is -0.294 e. The molecule has 2 aromatic carbocycles. The second-order valence-corrected chi connectivity index (χ2v) is 4.61. The minimum atomic E-state index is 0.533. The third-order valence-electron chi connectivity index (χ3n) is 3.22. The molecule has 0 atom stereocenters. The van der Waals surface area contributed by atoms with Gasteiger partial charge in [-0.2, -0.15) is 0 Å². The summed E-state index contributed by atoms with van der Waals surface area (Å²) in [5, 5.41) is 12.6. The van der Waals surface area contributed by atoms with Gasteiger partial charge in [0.25, 0.3) is 0 Å². The number of benzene rings is 2. The highest BCUT2D eigenvalue weighted by atomic mass is 16.5. The van der Waals surface area contributed by atoms with Gasteiger partial charge in [-0.05, 0) is 35.8 Å². The summed E-state index contributed by atoms with van der Waals surface area (Å²) in [7, 11) is 0. The van der Waals surface area contributed by atoms with Crippen LogP contribution in [-0.2, 0) is 6.42 Å². The van der Waals surface area contributed by atoms with Crippen LogP contribution in [0.3, 0.4) is 0 Å². The Bertz CT molecular complexity index is 563. The Morgan fingerprint density at radius 3 is 2.21 bits per heavy atom. The van der Waals surface area contributed by atoms with Crippen molar-refractivity contribution in [2.45, 2.75) is 6.42 Å². The maximum Gasteiger partial charge on any atom is 0.0654 e. The predicted molar refractivity (Wildman–Crippen MR) is 75.8 cm³/mol. The van der Waals surface area contributed by atoms with E-state index in [0.717, 1.165) is 12.1 Å². The molecule has 0 unspecified atom stereocenters. The fraction of sp³-hybridized carbons (Fsp3) is 0.125. The van der Waals surface area contributed by atoms with Crippen LogP contribution >= 0.6 is 0 Å². The summed E-state index contributed by atoms with van der Waals surface area (Å²) in [6, 6.07) is 18.7. The molecule has 0 saturated heterocycles. The van der Waals surface area contributed by atoms with Crippen LogP contribution in [0.2, 0.25) is 0 Å². The van der Waals surface area contributed by atoms with E-state index in [1.807, 2.05) is 30.5 Å². The van der Waals surface area contributed by atoms with E-state index in [9.17, 15) is 5.21 Å². The van der Waals surface area contributed by atoms with Crippen molar-refractivity contribution in [3.05, 3.63) is 78.0 Å². The maximum absolute atomic E-state index is 9.64. The number of nitrogens with zero attached hydrogens (tertiary/aromatic N) is 2. The van der Waals surface area contributed by atoms with Crippen LogP contribution in [0.25, 0.3) is 0 Å². The Kier molecular flexibility index (Phi) is 3.31. The lowest BCUT2D eigenvalue weighted by atomic mass is 10.0. The molecule has 1 heterocycles. The Morgan fingerprint density at radius 2 is 1.58 bits per heavy atom. The first-order valence-electron chi connectivity index (χ1n) is 6.38. The van der Waals surface area contributed by atoms with E-state index < -0.39 is 0 Å². The van der Waals surface area contributed by atoms with Gasteiger partial charge >= 0.3 is 0 Å². The second kappa shape index (κ2) is 5.26. The molecule has 19 heavy (non-hydrogen) atoms. The van der Waals surface area contributed by atoms with E-state index in [1.165, 1.54) is 16.3 Å². The number of hydroxylamine groups is 1. The van der Waals surface area contributed by atoms with Gasteiger partial charge < -0.3 is 0 Å². The topological polar surface area (TPSA) is 26.7 Å². The molecule has 0 spiro atoms. The first kappa shape index (κ1) is 12.0. The molecule has 2 aromatic rings. The summed E-state index contributed by atoms with van der Waals surface area (Å²) in [4.78, 5) is 0. The maximum atomic E-state index is 9.64. The molecule has 1 aliphatic heterocycles. The first-order valence-corrected chi connectivity index (χ1v) is 6.38. The van der Waals surface area contributed by atoms with Gasteiger partial charge in [0.1, 0.15) is 0 Å². The molecule has 0 aromatic heterocycles. The molecule has 3 nitrogen and oxygen atoms in total. The highest BCUT2D eigenvalue weighted by Gasteiger charge is 2.14. The smallest absolute Gasteiger partial charge is 0.0654 e. The zero-order chi connectivity index (χ0) is 13.1. The van der Waals surface area contributed by atoms with Crippen LogP contribution in [-0.4, -0.2) is 16.9 Å². The van der Waals surface area contributed by atoms with E-state index in [2.05, 4.69) is 36.4 Å². The van der Waals surface area contributed by atoms with E-state index >= 15 is 0 Å². The lowest BCUT2D eigenvalue weighted by Crippen LogP contribution is -2.31. The van der Waals surface area contributed by atoms with E-state index in [4.69, 9.17) is 0 Å². The summed E-state index contributed by atoms with van der Waals surface area (Å²) >= 11 is 0. The Labute approximate surface area is 112 Å². The van der Waals surface area contributed by atoms with Crippen molar-refractivity contribution in [1.29, 1.82) is 0 Å². The van der Waals surface area contributed by atoms with Gasteiger partial charge in [-0.1, -0.05) is 47.6 Å². The molecule has 0 radical (unpaired) electrons. The molecular formula is C16H16N2O. The van der Waals surface area contributed by atoms with E-state index in [1.54, 1.807) is 5.01 Å². The summed E-state index contributed by atoms with van der Waals surface area (Å²) < 4.78 is 0. The average Bonchev–Trinajstić information content (AvgIpc) is 2.87. The minimum absolute atomic E-state index is 0.533. The monoisotopic (exact) mass is 252 g/mol. The molecule has 0 fully saturated rings. The van der Waals surface area contributed by atoms with Crippen LogP contribution in [0.4, 0.5) is 5.69 Å². The number of hydrogen-bond donors (Lipinski definition) is 1. The molecule has 0 bridgehead atoms. The first-order chi connectivity index (χ1) is 9.33. The summed E-state index contributed by atoms with van der Waals surface area (Å²) in [5.41, 5.74) is 3.54. The number of hydrazine groups is 1. The number of rotatable bonds is 3. The van der Waals surface area contributed by atoms with Crippen LogP contribution in [0, 0.1) is 0 Å². The van der Waals surface area contributed by atoms with Crippen molar-refractivity contribution >= 4 is 5.69 Å². The zero-order valence-corrected chi connectivity index (χ0v) is 10.6. The fourth-order valence-corrected chi connectivity index (χ4v) is 2.22. The van der Waals surface area contributed by atoms with Gasteiger partial charge in [0.15, 0.2) is 0 Å². The van der Waals surface area contributed by atoms with Crippen LogP contribution in [0.15, 0.2) is 66.9 Å². The van der Waals surface area contributed by atoms with Crippen molar-refractivity contribution in [1.82, 2.24) is 5.17 Å². The molecule has 0 aliphatic carbocycles. The largest absolute Gasteiger partial charge is 0.294 e. The van der Waals surface area contributed by atoms with Crippen molar-refractivity contribution in [2.24, 2.45) is 0 Å². The van der Waals surface area contributed by atoms with Gasteiger partial charge in [-0.15, -0.1) is 0 Å². The molecule has 1 aliphatic rings. The summed E-state index contributed by atoms with van der Waals surface area (Å²) in [5.74, 6) is 0. The highest BCUT2D eigenvalue weighted by molar-refractivity contribution is 5.50. The summed E-state index contributed by atoms with van der Waals surface area (Å²) in [6.07, 6.45) is 4.71. The zero-order valence-electron chi connectivity index (χ0n) is 10.6. The van der Waals surface area contributed by atoms with Gasteiger partial charge in [0, 0.05) is 6.20 Å². The highest BCUT2D eigenvalue weighted by Crippen LogP contribution is 2.21. The normalized spacial score (nSPS) is 15.1. The third kappa shape index (κ3) is 2.67. The van der Waals surface area contributed by atoms with Gasteiger partial charge in [-0.25, -0.2) is 0 Å². The molecule has 1 N–H and O–H groups in total. The summed E-state index contributed by atoms with van der Waals surface area (Å²) in [6.45, 7) is 0.533. The van der Waals surface area contributed by atoms with Crippen molar-refractivity contribution < 1.29 is 5.21 Å². The predicted octanol–water partition coefficient (Wildman–Crippen LogP) is 3.22. The van der Waals surface area contributed by atoms with Gasteiger partial charge in [-0.3, -0.25) is 10.2 Å². The number of hydrogen-bond acceptors (Lipinski definition) is 3. The van der Waals surface area contributed by atoms with Crippen molar-refractivity contribution in [3.63, 3.8) is 0 Å². The van der Waals surface area contributed by atoms with E-state index in [0.29, 0.717) is 6.54 Å². The average molecular weight is 252 g/mol. The van der Waals surface area contributed by atoms with Crippen LogP contribution in [0.5, 0.6) is 0 Å². The van der Waals surface area contributed by atoms with Gasteiger partial charge in [0.2, 0.25) is 0 Å². The second-order valence-electron chi connectivity index (χ2n) is 4.61. The number of anilines is 1. The van der Waals surface area contributed by atoms with Crippen LogP contribution < -0.4 is 5.01 Å². The standard InChI is InChI=1S/C16H16N2O/c19-18-12-4-11-17(18)16-9-7-15(8-10-16)13-14-5-2-1-3-6-14/h1-11,19H,12-13H2. The molecule has 96 valence electrons. The molecule has 3 rings (SSSR count). The third-order valence-corrected chi connectivity index (χ3v) is 3.22. The lowest BCUT2D eigenvalue weighted by Gasteiger charge is -2.23.